The van der Waals surface area contributed by atoms with Gasteiger partial charge in [-0.1, -0.05) is 78.9 Å². The van der Waals surface area contributed by atoms with Gasteiger partial charge in [-0.05, 0) is 79.2 Å². The lowest BCUT2D eigenvalue weighted by atomic mass is 9.72. The van der Waals surface area contributed by atoms with Gasteiger partial charge in [0.1, 0.15) is 11.8 Å². The first-order chi connectivity index (χ1) is 17.0. The van der Waals surface area contributed by atoms with Crippen LogP contribution in [-0.2, 0) is 18.4 Å². The Hall–Kier alpha value is -2.50. The van der Waals surface area contributed by atoms with Crippen molar-refractivity contribution in [1.29, 1.82) is 0 Å². The molecule has 0 radical (unpaired) electrons. The highest BCUT2D eigenvalue weighted by molar-refractivity contribution is 5.37. The molecule has 0 saturated carbocycles. The summed E-state index contributed by atoms with van der Waals surface area (Å²) in [6, 6.07) is 26.5. The van der Waals surface area contributed by atoms with Crippen molar-refractivity contribution in [3.8, 4) is 0 Å². The van der Waals surface area contributed by atoms with Crippen LogP contribution in [0.5, 0.6) is 0 Å². The molecule has 3 aromatic rings. The van der Waals surface area contributed by atoms with Gasteiger partial charge >= 0.3 is 0 Å². The van der Waals surface area contributed by atoms with Crippen LogP contribution in [0, 0.1) is 12.8 Å². The number of aliphatic hydroxyl groups excluding tert-OH is 2. The first kappa shape index (κ1) is 25.6. The van der Waals surface area contributed by atoms with E-state index in [4.69, 9.17) is 0 Å². The average molecular weight is 474 g/mol. The van der Waals surface area contributed by atoms with Gasteiger partial charge in [-0.25, -0.2) is 0 Å². The summed E-state index contributed by atoms with van der Waals surface area (Å²) in [4.78, 5) is 2.17. The summed E-state index contributed by atoms with van der Waals surface area (Å²) in [7, 11) is 0. The molecule has 1 fully saturated rings. The lowest BCUT2D eigenvalue weighted by Crippen LogP contribution is -2.47. The number of nitrogens with zero attached hydrogens (tertiary/aromatic N) is 1. The quantitative estimate of drug-likeness (QED) is 0.395. The van der Waals surface area contributed by atoms with Crippen molar-refractivity contribution in [2.75, 3.05) is 19.7 Å². The Kier molecular flexibility index (Phi) is 8.74. The van der Waals surface area contributed by atoms with E-state index in [0.717, 1.165) is 56.3 Å². The number of aliphatic hydroxyl groups is 3. The van der Waals surface area contributed by atoms with E-state index in [1.165, 1.54) is 16.7 Å². The minimum Gasteiger partial charge on any atom is -0.396 e. The third-order valence-electron chi connectivity index (χ3n) is 7.69. The second kappa shape index (κ2) is 12.0. The van der Waals surface area contributed by atoms with E-state index in [1.807, 2.05) is 60.7 Å². The molecule has 4 rings (SSSR count). The Morgan fingerprint density at radius 2 is 1.49 bits per heavy atom. The zero-order valence-electron chi connectivity index (χ0n) is 20.8. The highest BCUT2D eigenvalue weighted by atomic mass is 16.3. The van der Waals surface area contributed by atoms with Crippen molar-refractivity contribution < 1.29 is 15.3 Å². The molecule has 0 aliphatic carbocycles. The van der Waals surface area contributed by atoms with E-state index in [2.05, 4.69) is 30.0 Å². The van der Waals surface area contributed by atoms with Gasteiger partial charge in [0, 0.05) is 19.7 Å². The van der Waals surface area contributed by atoms with E-state index in [0.29, 0.717) is 6.42 Å². The number of piperidine rings is 1. The minimum atomic E-state index is -1.03. The molecule has 0 amide bonds. The van der Waals surface area contributed by atoms with Gasteiger partial charge in [-0.2, -0.15) is 0 Å². The highest BCUT2D eigenvalue weighted by Gasteiger charge is 2.42. The maximum atomic E-state index is 12.1. The van der Waals surface area contributed by atoms with Gasteiger partial charge in [-0.3, -0.25) is 4.90 Å². The number of benzene rings is 3. The molecule has 1 saturated heterocycles. The lowest BCUT2D eigenvalue weighted by molar-refractivity contribution is -0.0606. The molecule has 0 aromatic heterocycles. The van der Waals surface area contributed by atoms with Crippen molar-refractivity contribution in [1.82, 2.24) is 4.90 Å². The summed E-state index contributed by atoms with van der Waals surface area (Å²) in [6.45, 7) is 3.84. The Labute approximate surface area is 209 Å². The fourth-order valence-electron chi connectivity index (χ4n) is 5.62. The summed E-state index contributed by atoms with van der Waals surface area (Å²) in [6.07, 6.45) is 4.53. The molecule has 3 N–H and O–H groups in total. The predicted octanol–water partition coefficient (Wildman–Crippen LogP) is 4.82. The van der Waals surface area contributed by atoms with Gasteiger partial charge in [-0.15, -0.1) is 0 Å². The van der Waals surface area contributed by atoms with Crippen LogP contribution in [0.4, 0.5) is 0 Å². The van der Waals surface area contributed by atoms with Gasteiger partial charge in [0.25, 0.3) is 0 Å². The number of rotatable bonds is 10. The van der Waals surface area contributed by atoms with Crippen molar-refractivity contribution in [2.45, 2.75) is 57.3 Å². The minimum absolute atomic E-state index is 0.0937. The maximum absolute atomic E-state index is 12.1. The van der Waals surface area contributed by atoms with Crippen LogP contribution in [0.3, 0.4) is 0 Å². The first-order valence-electron chi connectivity index (χ1n) is 13.0. The van der Waals surface area contributed by atoms with Crippen molar-refractivity contribution >= 4 is 0 Å². The van der Waals surface area contributed by atoms with E-state index in [-0.39, 0.29) is 12.5 Å². The smallest absolute Gasteiger partial charge is 0.117 e. The van der Waals surface area contributed by atoms with E-state index in [1.54, 1.807) is 0 Å². The zero-order valence-corrected chi connectivity index (χ0v) is 20.8. The van der Waals surface area contributed by atoms with Crippen LogP contribution >= 0.6 is 0 Å². The largest absolute Gasteiger partial charge is 0.396 e. The number of likely N-dealkylation sites (tertiary alicyclic amines) is 1. The SMILES string of the molecule is Cc1cc(CCCC(O)N2CCC(C(O)(c3ccccc3)c3ccccc3)CC2)ccc1CCO. The second-order valence-corrected chi connectivity index (χ2v) is 9.92. The van der Waals surface area contributed by atoms with Crippen LogP contribution < -0.4 is 0 Å². The van der Waals surface area contributed by atoms with E-state index in [9.17, 15) is 15.3 Å². The molecule has 1 unspecified atom stereocenters. The fraction of sp³-hybridized carbons (Fsp3) is 0.419. The van der Waals surface area contributed by atoms with Crippen molar-refractivity contribution in [3.63, 3.8) is 0 Å². The van der Waals surface area contributed by atoms with Crippen LogP contribution in [0.1, 0.15) is 53.5 Å². The predicted molar refractivity (Wildman–Crippen MR) is 141 cm³/mol. The molecule has 3 aromatic carbocycles. The van der Waals surface area contributed by atoms with Crippen molar-refractivity contribution in [3.05, 3.63) is 107 Å². The Morgan fingerprint density at radius 3 is 2.03 bits per heavy atom. The third kappa shape index (κ3) is 6.02. The average Bonchev–Trinajstić information content (AvgIpc) is 2.91. The second-order valence-electron chi connectivity index (χ2n) is 9.92. The molecule has 1 aliphatic rings. The molecular formula is C31H39NO3. The first-order valence-corrected chi connectivity index (χ1v) is 13.0. The zero-order chi connectivity index (χ0) is 24.7. The third-order valence-corrected chi connectivity index (χ3v) is 7.69. The van der Waals surface area contributed by atoms with Crippen LogP contribution in [0.25, 0.3) is 0 Å². The normalized spacial score (nSPS) is 16.3. The Balaban J connectivity index is 1.34. The molecule has 1 heterocycles. The molecule has 4 nitrogen and oxygen atoms in total. The van der Waals surface area contributed by atoms with Crippen LogP contribution in [-0.4, -0.2) is 46.1 Å². The molecule has 1 aliphatic heterocycles. The van der Waals surface area contributed by atoms with Gasteiger partial charge < -0.3 is 15.3 Å². The monoisotopic (exact) mass is 473 g/mol. The molecule has 0 bridgehead atoms. The molecule has 0 spiro atoms. The van der Waals surface area contributed by atoms with Gasteiger partial charge in [0.2, 0.25) is 0 Å². The number of aryl methyl sites for hydroxylation is 2. The van der Waals surface area contributed by atoms with E-state index < -0.39 is 11.8 Å². The molecule has 1 atom stereocenters. The highest BCUT2D eigenvalue weighted by Crippen LogP contribution is 2.42. The van der Waals surface area contributed by atoms with Crippen LogP contribution in [0.15, 0.2) is 78.9 Å². The standard InChI is InChI=1S/C31H39NO3/c1-24-23-25(15-16-26(24)19-22-33)9-8-14-30(34)32-20-17-29(18-21-32)31(35,27-10-4-2-5-11-27)28-12-6-3-7-13-28/h2-7,10-13,15-16,23,29-30,33-35H,8-9,14,17-22H2,1H3. The van der Waals surface area contributed by atoms with Crippen LogP contribution in [0.2, 0.25) is 0 Å². The topological polar surface area (TPSA) is 63.9 Å². The molecule has 186 valence electrons. The molecule has 4 heteroatoms. The lowest BCUT2D eigenvalue weighted by Gasteiger charge is -2.43. The Morgan fingerprint density at radius 1 is 0.886 bits per heavy atom. The molecular weight excluding hydrogens is 434 g/mol. The maximum Gasteiger partial charge on any atom is 0.117 e. The molecule has 35 heavy (non-hydrogen) atoms. The summed E-state index contributed by atoms with van der Waals surface area (Å²) in [5, 5.41) is 32.1. The summed E-state index contributed by atoms with van der Waals surface area (Å²) in [5.41, 5.74) is 4.55. The van der Waals surface area contributed by atoms with Crippen molar-refractivity contribution in [2.24, 2.45) is 5.92 Å². The fourth-order valence-corrected chi connectivity index (χ4v) is 5.62. The summed E-state index contributed by atoms with van der Waals surface area (Å²) in [5.74, 6) is 0.0937. The Bertz CT molecular complexity index is 1010. The summed E-state index contributed by atoms with van der Waals surface area (Å²) >= 11 is 0. The van der Waals surface area contributed by atoms with E-state index >= 15 is 0 Å². The summed E-state index contributed by atoms with van der Waals surface area (Å²) < 4.78 is 0. The number of hydrogen-bond acceptors (Lipinski definition) is 4. The number of hydrogen-bond donors (Lipinski definition) is 3. The van der Waals surface area contributed by atoms with Gasteiger partial charge in [0.15, 0.2) is 0 Å². The van der Waals surface area contributed by atoms with Gasteiger partial charge in [0.05, 0.1) is 0 Å².